The predicted octanol–water partition coefficient (Wildman–Crippen LogP) is 2.14. The number of carbonyl (C=O) groups is 2. The van der Waals surface area contributed by atoms with Crippen LogP contribution in [0.25, 0.3) is 0 Å². The van der Waals surface area contributed by atoms with Gasteiger partial charge in [0.15, 0.2) is 0 Å². The first-order valence-electron chi connectivity index (χ1n) is 8.61. The Morgan fingerprint density at radius 2 is 1.96 bits per heavy atom. The van der Waals surface area contributed by atoms with Crippen molar-refractivity contribution in [3.05, 3.63) is 46.8 Å². The van der Waals surface area contributed by atoms with Gasteiger partial charge in [-0.05, 0) is 44.4 Å². The van der Waals surface area contributed by atoms with E-state index < -0.39 is 0 Å². The van der Waals surface area contributed by atoms with Gasteiger partial charge in [-0.2, -0.15) is 5.10 Å². The second-order valence-corrected chi connectivity index (χ2v) is 6.56. The predicted molar refractivity (Wildman–Crippen MR) is 96.5 cm³/mol. The Kier molecular flexibility index (Phi) is 4.88. The molecule has 0 spiro atoms. The topological polar surface area (TPSA) is 69.3 Å². The normalized spacial score (nSPS) is 14.9. The summed E-state index contributed by atoms with van der Waals surface area (Å²) in [5.74, 6) is 0.00218. The molecule has 0 aliphatic carbocycles. The monoisotopic (exact) mass is 340 g/mol. The van der Waals surface area contributed by atoms with Gasteiger partial charge in [0.2, 0.25) is 11.8 Å². The van der Waals surface area contributed by atoms with Crippen molar-refractivity contribution in [3.8, 4) is 0 Å². The molecule has 1 aliphatic rings. The fourth-order valence-electron chi connectivity index (χ4n) is 3.34. The van der Waals surface area contributed by atoms with Gasteiger partial charge in [-0.15, -0.1) is 0 Å². The molecule has 2 heterocycles. The van der Waals surface area contributed by atoms with Crippen LogP contribution in [0.1, 0.15) is 28.9 Å². The molecule has 6 nitrogen and oxygen atoms in total. The first kappa shape index (κ1) is 17.2. The Hall–Kier alpha value is -2.63. The molecule has 2 aromatic rings. The van der Waals surface area contributed by atoms with Crippen LogP contribution in [0.3, 0.4) is 0 Å². The summed E-state index contributed by atoms with van der Waals surface area (Å²) < 4.78 is 0. The number of carbonyl (C=O) groups excluding carboxylic acids is 2. The standard InChI is InChI=1S/C19H24N4O2/c1-13-6-4-5-7-17(13)23-11-10-22(12-19(23)25)18(24)9-8-16-14(2)20-21-15(16)3/h4-7H,8-12H2,1-3H3,(H,20,21). The number of aryl methyl sites for hydroxylation is 3. The van der Waals surface area contributed by atoms with E-state index in [9.17, 15) is 9.59 Å². The van der Waals surface area contributed by atoms with Crippen LogP contribution in [-0.2, 0) is 16.0 Å². The lowest BCUT2D eigenvalue weighted by molar-refractivity contribution is -0.136. The molecule has 25 heavy (non-hydrogen) atoms. The molecule has 132 valence electrons. The van der Waals surface area contributed by atoms with E-state index in [4.69, 9.17) is 0 Å². The highest BCUT2D eigenvalue weighted by Gasteiger charge is 2.28. The summed E-state index contributed by atoms with van der Waals surface area (Å²) in [6, 6.07) is 7.84. The van der Waals surface area contributed by atoms with E-state index in [1.807, 2.05) is 45.0 Å². The molecule has 0 radical (unpaired) electrons. The van der Waals surface area contributed by atoms with Crippen molar-refractivity contribution in [1.29, 1.82) is 0 Å². The zero-order valence-electron chi connectivity index (χ0n) is 15.0. The highest BCUT2D eigenvalue weighted by Crippen LogP contribution is 2.22. The third kappa shape index (κ3) is 3.57. The fourth-order valence-corrected chi connectivity index (χ4v) is 3.34. The zero-order valence-corrected chi connectivity index (χ0v) is 15.0. The van der Waals surface area contributed by atoms with Crippen LogP contribution in [0.2, 0.25) is 0 Å². The average Bonchev–Trinajstić information content (AvgIpc) is 2.92. The van der Waals surface area contributed by atoms with Gasteiger partial charge in [-0.25, -0.2) is 0 Å². The highest BCUT2D eigenvalue weighted by atomic mass is 16.2. The number of rotatable bonds is 4. The van der Waals surface area contributed by atoms with Crippen LogP contribution in [-0.4, -0.2) is 46.5 Å². The molecule has 1 aromatic carbocycles. The third-order valence-electron chi connectivity index (χ3n) is 4.85. The minimum atomic E-state index is -0.0235. The van der Waals surface area contributed by atoms with Gasteiger partial charge in [0, 0.05) is 30.9 Å². The van der Waals surface area contributed by atoms with Crippen LogP contribution in [0.4, 0.5) is 5.69 Å². The van der Waals surface area contributed by atoms with E-state index in [1.165, 1.54) is 0 Å². The summed E-state index contributed by atoms with van der Waals surface area (Å²) in [4.78, 5) is 28.5. The Morgan fingerprint density at radius 1 is 1.20 bits per heavy atom. The van der Waals surface area contributed by atoms with Gasteiger partial charge in [0.25, 0.3) is 0 Å². The van der Waals surface area contributed by atoms with E-state index in [1.54, 1.807) is 9.80 Å². The largest absolute Gasteiger partial charge is 0.332 e. The van der Waals surface area contributed by atoms with Gasteiger partial charge in [-0.1, -0.05) is 18.2 Å². The van der Waals surface area contributed by atoms with Crippen LogP contribution < -0.4 is 4.90 Å². The Balaban J connectivity index is 1.60. The maximum Gasteiger partial charge on any atom is 0.246 e. The van der Waals surface area contributed by atoms with Crippen molar-refractivity contribution in [2.45, 2.75) is 33.6 Å². The number of para-hydroxylation sites is 1. The number of anilines is 1. The van der Waals surface area contributed by atoms with Crippen LogP contribution in [0.15, 0.2) is 24.3 Å². The second-order valence-electron chi connectivity index (χ2n) is 6.56. The molecule has 1 aliphatic heterocycles. The number of nitrogens with one attached hydrogen (secondary N) is 1. The minimum absolute atomic E-state index is 0.0235. The molecular formula is C19H24N4O2. The van der Waals surface area contributed by atoms with Gasteiger partial charge in [0.05, 0.1) is 5.69 Å². The van der Waals surface area contributed by atoms with Gasteiger partial charge in [0.1, 0.15) is 6.54 Å². The van der Waals surface area contributed by atoms with Crippen LogP contribution in [0, 0.1) is 20.8 Å². The maximum atomic E-state index is 12.5. The van der Waals surface area contributed by atoms with Crippen LogP contribution >= 0.6 is 0 Å². The molecule has 3 rings (SSSR count). The summed E-state index contributed by atoms with van der Waals surface area (Å²) in [6.07, 6.45) is 1.05. The quantitative estimate of drug-likeness (QED) is 0.927. The molecule has 0 saturated carbocycles. The minimum Gasteiger partial charge on any atom is -0.332 e. The molecule has 0 unspecified atom stereocenters. The van der Waals surface area contributed by atoms with Crippen molar-refractivity contribution in [1.82, 2.24) is 15.1 Å². The van der Waals surface area contributed by atoms with E-state index in [0.29, 0.717) is 25.9 Å². The molecule has 0 atom stereocenters. The molecule has 1 saturated heterocycles. The Labute approximate surface area is 147 Å². The van der Waals surface area contributed by atoms with Crippen molar-refractivity contribution >= 4 is 17.5 Å². The number of aromatic nitrogens is 2. The summed E-state index contributed by atoms with van der Waals surface area (Å²) in [5.41, 5.74) is 5.04. The van der Waals surface area contributed by atoms with Crippen molar-refractivity contribution in [2.24, 2.45) is 0 Å². The Bertz CT molecular complexity index is 777. The molecule has 1 N–H and O–H groups in total. The van der Waals surface area contributed by atoms with Crippen LogP contribution in [0.5, 0.6) is 0 Å². The van der Waals surface area contributed by atoms with Gasteiger partial charge in [-0.3, -0.25) is 14.7 Å². The van der Waals surface area contributed by atoms with E-state index in [-0.39, 0.29) is 18.4 Å². The summed E-state index contributed by atoms with van der Waals surface area (Å²) in [7, 11) is 0. The fraction of sp³-hybridized carbons (Fsp3) is 0.421. The van der Waals surface area contributed by atoms with Gasteiger partial charge < -0.3 is 9.80 Å². The molecule has 1 fully saturated rings. The van der Waals surface area contributed by atoms with Gasteiger partial charge >= 0.3 is 0 Å². The third-order valence-corrected chi connectivity index (χ3v) is 4.85. The number of hydrogen-bond acceptors (Lipinski definition) is 3. The lowest BCUT2D eigenvalue weighted by Crippen LogP contribution is -2.52. The molecule has 2 amide bonds. The molecule has 6 heteroatoms. The number of aromatic amines is 1. The number of benzene rings is 1. The second kappa shape index (κ2) is 7.09. The van der Waals surface area contributed by atoms with E-state index in [0.717, 1.165) is 28.2 Å². The lowest BCUT2D eigenvalue weighted by atomic mass is 10.1. The maximum absolute atomic E-state index is 12.5. The number of H-pyrrole nitrogens is 1. The first-order chi connectivity index (χ1) is 12.0. The average molecular weight is 340 g/mol. The number of nitrogens with zero attached hydrogens (tertiary/aromatic N) is 3. The zero-order chi connectivity index (χ0) is 18.0. The molecular weight excluding hydrogens is 316 g/mol. The van der Waals surface area contributed by atoms with Crippen molar-refractivity contribution < 1.29 is 9.59 Å². The molecule has 0 bridgehead atoms. The summed E-state index contributed by atoms with van der Waals surface area (Å²) in [5, 5.41) is 7.10. The van der Waals surface area contributed by atoms with Crippen molar-refractivity contribution in [3.63, 3.8) is 0 Å². The highest BCUT2D eigenvalue weighted by molar-refractivity contribution is 5.98. The number of amides is 2. The molecule has 1 aromatic heterocycles. The van der Waals surface area contributed by atoms with Crippen molar-refractivity contribution in [2.75, 3.05) is 24.5 Å². The summed E-state index contributed by atoms with van der Waals surface area (Å²) >= 11 is 0. The first-order valence-corrected chi connectivity index (χ1v) is 8.61. The number of hydrogen-bond donors (Lipinski definition) is 1. The van der Waals surface area contributed by atoms with E-state index in [2.05, 4.69) is 10.2 Å². The lowest BCUT2D eigenvalue weighted by Gasteiger charge is -2.35. The SMILES string of the molecule is Cc1ccccc1N1CCN(C(=O)CCc2c(C)n[nH]c2C)CC1=O. The Morgan fingerprint density at radius 3 is 2.60 bits per heavy atom. The summed E-state index contributed by atoms with van der Waals surface area (Å²) in [6.45, 7) is 7.16. The number of piperazine rings is 1. The van der Waals surface area contributed by atoms with E-state index >= 15 is 0 Å². The smallest absolute Gasteiger partial charge is 0.246 e.